The van der Waals surface area contributed by atoms with Gasteiger partial charge in [-0.1, -0.05) is 11.6 Å². The predicted molar refractivity (Wildman–Crippen MR) is 118 cm³/mol. The largest absolute Gasteiger partial charge is 0.507 e. The lowest BCUT2D eigenvalue weighted by atomic mass is 9.94. The third-order valence-corrected chi connectivity index (χ3v) is 5.45. The van der Waals surface area contributed by atoms with E-state index in [0.717, 1.165) is 0 Å². The molecule has 0 aliphatic carbocycles. The van der Waals surface area contributed by atoms with E-state index in [4.69, 9.17) is 30.5 Å². The van der Waals surface area contributed by atoms with Crippen molar-refractivity contribution in [3.63, 3.8) is 0 Å². The summed E-state index contributed by atoms with van der Waals surface area (Å²) in [6, 6.07) is 8.73. The van der Waals surface area contributed by atoms with Crippen LogP contribution in [0.2, 0.25) is 5.02 Å². The number of hydrogen-bond acceptors (Lipinski definition) is 7. The standard InChI is InChI=1S/C23H24ClNO7/c1-29-10-9-25-19(14-11-16(30-2)22(32-4)17(12-14)31-3)18(21(27)23(25)28)20(26)13-5-7-15(24)8-6-13/h5-8,11-12,19,26H,9-10H2,1-4H3/t19-/m1/s1. The third-order valence-electron chi connectivity index (χ3n) is 5.20. The molecule has 1 aliphatic heterocycles. The first-order chi connectivity index (χ1) is 15.4. The van der Waals surface area contributed by atoms with E-state index in [1.54, 1.807) is 36.4 Å². The molecule has 3 rings (SSSR count). The molecule has 2 aromatic rings. The van der Waals surface area contributed by atoms with Crippen molar-refractivity contribution in [2.24, 2.45) is 0 Å². The van der Waals surface area contributed by atoms with Crippen LogP contribution < -0.4 is 14.2 Å². The molecule has 1 aliphatic rings. The number of amides is 1. The van der Waals surface area contributed by atoms with Gasteiger partial charge < -0.3 is 29.0 Å². The number of aliphatic hydroxyl groups is 1. The van der Waals surface area contributed by atoms with E-state index in [0.29, 0.717) is 33.4 Å². The molecule has 1 saturated heterocycles. The average Bonchev–Trinajstić information content (AvgIpc) is 3.06. The zero-order chi connectivity index (χ0) is 23.4. The summed E-state index contributed by atoms with van der Waals surface area (Å²) in [4.78, 5) is 27.3. The zero-order valence-electron chi connectivity index (χ0n) is 18.2. The van der Waals surface area contributed by atoms with E-state index in [2.05, 4.69) is 0 Å². The fourth-order valence-electron chi connectivity index (χ4n) is 3.67. The number of Topliss-reactive ketones (excluding diaryl/α,β-unsaturated/α-hetero) is 1. The summed E-state index contributed by atoms with van der Waals surface area (Å²) < 4.78 is 21.4. The highest BCUT2D eigenvalue weighted by molar-refractivity contribution is 6.46. The highest BCUT2D eigenvalue weighted by atomic mass is 35.5. The predicted octanol–water partition coefficient (Wildman–Crippen LogP) is 3.43. The molecule has 8 nitrogen and oxygen atoms in total. The van der Waals surface area contributed by atoms with Gasteiger partial charge in [0.05, 0.1) is 39.6 Å². The van der Waals surface area contributed by atoms with E-state index in [-0.39, 0.29) is 24.5 Å². The summed E-state index contributed by atoms with van der Waals surface area (Å²) in [6.45, 7) is 0.342. The lowest BCUT2D eigenvalue weighted by Gasteiger charge is -2.26. The highest BCUT2D eigenvalue weighted by Gasteiger charge is 2.46. The summed E-state index contributed by atoms with van der Waals surface area (Å²) in [5.74, 6) is -0.774. The number of carbonyl (C=O) groups excluding carboxylic acids is 2. The Labute approximate surface area is 190 Å². The zero-order valence-corrected chi connectivity index (χ0v) is 18.9. The maximum atomic E-state index is 13.0. The van der Waals surface area contributed by atoms with Gasteiger partial charge in [0.1, 0.15) is 5.76 Å². The number of rotatable bonds is 8. The normalized spacial score (nSPS) is 17.5. The molecule has 2 aromatic carbocycles. The number of nitrogens with zero attached hydrogens (tertiary/aromatic N) is 1. The van der Waals surface area contributed by atoms with Crippen LogP contribution in [0.5, 0.6) is 17.2 Å². The average molecular weight is 462 g/mol. The fourth-order valence-corrected chi connectivity index (χ4v) is 3.80. The lowest BCUT2D eigenvalue weighted by molar-refractivity contribution is -0.140. The summed E-state index contributed by atoms with van der Waals surface area (Å²) in [5.41, 5.74) is 0.810. The second-order valence-corrected chi connectivity index (χ2v) is 7.39. The van der Waals surface area contributed by atoms with Crippen molar-refractivity contribution in [3.8, 4) is 17.2 Å². The lowest BCUT2D eigenvalue weighted by Crippen LogP contribution is -2.32. The molecule has 1 amide bonds. The Morgan fingerprint density at radius 1 is 1.00 bits per heavy atom. The second kappa shape index (κ2) is 9.93. The van der Waals surface area contributed by atoms with Crippen molar-refractivity contribution in [2.45, 2.75) is 6.04 Å². The quantitative estimate of drug-likeness (QED) is 0.365. The van der Waals surface area contributed by atoms with Crippen LogP contribution in [0.1, 0.15) is 17.2 Å². The Balaban J connectivity index is 2.25. The Kier molecular flexibility index (Phi) is 7.27. The molecule has 0 aromatic heterocycles. The van der Waals surface area contributed by atoms with Crippen LogP contribution in [0.3, 0.4) is 0 Å². The van der Waals surface area contributed by atoms with Gasteiger partial charge in [-0.3, -0.25) is 9.59 Å². The van der Waals surface area contributed by atoms with Gasteiger partial charge in [0, 0.05) is 24.2 Å². The van der Waals surface area contributed by atoms with Gasteiger partial charge in [-0.15, -0.1) is 0 Å². The summed E-state index contributed by atoms with van der Waals surface area (Å²) >= 11 is 5.95. The summed E-state index contributed by atoms with van der Waals surface area (Å²) in [5, 5.41) is 11.5. The van der Waals surface area contributed by atoms with Gasteiger partial charge in [0.2, 0.25) is 5.75 Å². The highest BCUT2D eigenvalue weighted by Crippen LogP contribution is 2.45. The van der Waals surface area contributed by atoms with Crippen molar-refractivity contribution >= 4 is 29.1 Å². The molecule has 0 spiro atoms. The summed E-state index contributed by atoms with van der Waals surface area (Å²) in [7, 11) is 5.91. The Bertz CT molecular complexity index is 1020. The van der Waals surface area contributed by atoms with Gasteiger partial charge >= 0.3 is 0 Å². The van der Waals surface area contributed by atoms with Crippen molar-refractivity contribution in [3.05, 3.63) is 58.1 Å². The number of carbonyl (C=O) groups is 2. The number of methoxy groups -OCH3 is 4. The first-order valence-corrected chi connectivity index (χ1v) is 10.1. The third kappa shape index (κ3) is 4.24. The number of benzene rings is 2. The van der Waals surface area contributed by atoms with Crippen LogP contribution in [0.25, 0.3) is 5.76 Å². The van der Waals surface area contributed by atoms with E-state index in [1.165, 1.54) is 33.3 Å². The van der Waals surface area contributed by atoms with E-state index in [9.17, 15) is 14.7 Å². The van der Waals surface area contributed by atoms with Crippen LogP contribution in [0.15, 0.2) is 42.0 Å². The van der Waals surface area contributed by atoms with Gasteiger partial charge in [-0.05, 0) is 42.0 Å². The van der Waals surface area contributed by atoms with Crippen molar-refractivity contribution in [1.29, 1.82) is 0 Å². The van der Waals surface area contributed by atoms with Gasteiger partial charge in [0.25, 0.3) is 11.7 Å². The Hall–Kier alpha value is -3.23. The molecule has 0 saturated carbocycles. The Morgan fingerprint density at radius 2 is 1.59 bits per heavy atom. The number of likely N-dealkylation sites (tertiary alicyclic amines) is 1. The molecule has 0 radical (unpaired) electrons. The maximum absolute atomic E-state index is 13.0. The smallest absolute Gasteiger partial charge is 0.295 e. The molecule has 1 N–H and O–H groups in total. The number of hydrogen-bond donors (Lipinski definition) is 1. The molecule has 1 heterocycles. The number of halogens is 1. The first-order valence-electron chi connectivity index (χ1n) is 9.71. The van der Waals surface area contributed by atoms with E-state index in [1.807, 2.05) is 0 Å². The molecule has 0 bridgehead atoms. The van der Waals surface area contributed by atoms with E-state index < -0.39 is 17.7 Å². The van der Waals surface area contributed by atoms with E-state index >= 15 is 0 Å². The van der Waals surface area contributed by atoms with Crippen LogP contribution in [-0.2, 0) is 14.3 Å². The van der Waals surface area contributed by atoms with Crippen LogP contribution in [-0.4, -0.2) is 63.3 Å². The van der Waals surface area contributed by atoms with Gasteiger partial charge in [0.15, 0.2) is 11.5 Å². The SMILES string of the molecule is COCCN1C(=O)C(=O)C(=C(O)c2ccc(Cl)cc2)[C@H]1c1cc(OC)c(OC)c(OC)c1. The molecule has 1 fully saturated rings. The van der Waals surface area contributed by atoms with Crippen LogP contribution >= 0.6 is 11.6 Å². The van der Waals surface area contributed by atoms with Gasteiger partial charge in [-0.2, -0.15) is 0 Å². The maximum Gasteiger partial charge on any atom is 0.295 e. The topological polar surface area (TPSA) is 94.5 Å². The first kappa shape index (κ1) is 23.4. The summed E-state index contributed by atoms with van der Waals surface area (Å²) in [6.07, 6.45) is 0. The minimum absolute atomic E-state index is 0.0531. The minimum atomic E-state index is -0.894. The molecule has 9 heteroatoms. The van der Waals surface area contributed by atoms with Gasteiger partial charge in [-0.25, -0.2) is 0 Å². The number of aliphatic hydroxyl groups excluding tert-OH is 1. The van der Waals surface area contributed by atoms with Crippen molar-refractivity contribution < 1.29 is 33.6 Å². The molecular weight excluding hydrogens is 438 g/mol. The van der Waals surface area contributed by atoms with Crippen molar-refractivity contribution in [1.82, 2.24) is 4.90 Å². The second-order valence-electron chi connectivity index (χ2n) is 6.95. The monoisotopic (exact) mass is 461 g/mol. The molecule has 170 valence electrons. The minimum Gasteiger partial charge on any atom is -0.507 e. The van der Waals surface area contributed by atoms with Crippen molar-refractivity contribution in [2.75, 3.05) is 41.6 Å². The number of ether oxygens (including phenoxy) is 4. The molecule has 32 heavy (non-hydrogen) atoms. The molecular formula is C23H24ClNO7. The van der Waals surface area contributed by atoms with Crippen LogP contribution in [0.4, 0.5) is 0 Å². The Morgan fingerprint density at radius 3 is 2.09 bits per heavy atom. The molecule has 0 unspecified atom stereocenters. The number of ketones is 1. The molecule has 1 atom stereocenters. The van der Waals surface area contributed by atoms with Crippen LogP contribution in [0, 0.1) is 0 Å². The fraction of sp³-hybridized carbons (Fsp3) is 0.304.